The standard InChI is InChI=1S/C18H31NO7/c1-8(2)9(19)16(20)22-11-10(21-7)12-14(25-17(3,4)23-12)15-13(11)24-18(5,6)26-15/h8-15H,19H2,1-7H3/t9-,10?,11?,12?,13?,14?,15?/m0/s1. The highest BCUT2D eigenvalue weighted by molar-refractivity contribution is 5.76. The van der Waals surface area contributed by atoms with Crippen molar-refractivity contribution in [2.24, 2.45) is 11.7 Å². The molecule has 2 N–H and O–H groups in total. The van der Waals surface area contributed by atoms with E-state index >= 15 is 0 Å². The lowest BCUT2D eigenvalue weighted by atomic mass is 9.84. The first-order chi connectivity index (χ1) is 12.0. The number of hydrogen-bond acceptors (Lipinski definition) is 8. The SMILES string of the molecule is COC1C(OC(=O)[C@@H](N)C(C)C)C2OC(C)(C)OC2C2OC(C)(C)OC12. The minimum absolute atomic E-state index is 0.0437. The van der Waals surface area contributed by atoms with E-state index in [0.29, 0.717) is 0 Å². The number of esters is 1. The molecule has 0 radical (unpaired) electrons. The lowest BCUT2D eigenvalue weighted by molar-refractivity contribution is -0.205. The molecule has 0 aromatic rings. The summed E-state index contributed by atoms with van der Waals surface area (Å²) in [5.74, 6) is -2.16. The first kappa shape index (κ1) is 20.0. The van der Waals surface area contributed by atoms with E-state index in [1.54, 1.807) is 7.11 Å². The summed E-state index contributed by atoms with van der Waals surface area (Å²) in [7, 11) is 1.56. The Labute approximate surface area is 154 Å². The molecule has 8 nitrogen and oxygen atoms in total. The molecule has 0 aromatic carbocycles. The van der Waals surface area contributed by atoms with Crippen molar-refractivity contribution in [2.75, 3.05) is 7.11 Å². The Hall–Kier alpha value is -0.770. The largest absolute Gasteiger partial charge is 0.455 e. The van der Waals surface area contributed by atoms with E-state index in [2.05, 4.69) is 0 Å². The summed E-state index contributed by atoms with van der Waals surface area (Å²) < 4.78 is 35.7. The smallest absolute Gasteiger partial charge is 0.323 e. The Morgan fingerprint density at radius 1 is 0.885 bits per heavy atom. The number of carbonyl (C=O) groups excluding carboxylic acids is 1. The summed E-state index contributed by atoms with van der Waals surface area (Å²) in [6.45, 7) is 11.1. The van der Waals surface area contributed by atoms with Crippen LogP contribution in [0.25, 0.3) is 0 Å². The molecule has 150 valence electrons. The average molecular weight is 373 g/mol. The van der Waals surface area contributed by atoms with Crippen LogP contribution in [0, 0.1) is 5.92 Å². The molecular weight excluding hydrogens is 342 g/mol. The normalized spacial score (nSPS) is 41.6. The molecule has 2 saturated heterocycles. The molecule has 3 rings (SSSR count). The Bertz CT molecular complexity index is 550. The fraction of sp³-hybridized carbons (Fsp3) is 0.944. The number of methoxy groups -OCH3 is 1. The Balaban J connectivity index is 1.90. The zero-order valence-corrected chi connectivity index (χ0v) is 16.6. The molecule has 2 heterocycles. The third-order valence-corrected chi connectivity index (χ3v) is 5.14. The highest BCUT2D eigenvalue weighted by atomic mass is 16.8. The van der Waals surface area contributed by atoms with Gasteiger partial charge < -0.3 is 34.2 Å². The summed E-state index contributed by atoms with van der Waals surface area (Å²) in [6, 6.07) is -0.726. The molecule has 8 heteroatoms. The van der Waals surface area contributed by atoms with Crippen molar-refractivity contribution < 1.29 is 33.2 Å². The van der Waals surface area contributed by atoms with Gasteiger partial charge in [-0.15, -0.1) is 0 Å². The Morgan fingerprint density at radius 3 is 1.73 bits per heavy atom. The second-order valence-electron chi connectivity index (χ2n) is 8.50. The maximum atomic E-state index is 12.5. The molecule has 7 atom stereocenters. The molecule has 1 saturated carbocycles. The molecule has 0 bridgehead atoms. The fourth-order valence-corrected chi connectivity index (χ4v) is 3.91. The summed E-state index contributed by atoms with van der Waals surface area (Å²) in [6.07, 6.45) is -3.04. The fourth-order valence-electron chi connectivity index (χ4n) is 3.91. The van der Waals surface area contributed by atoms with E-state index < -0.39 is 54.1 Å². The van der Waals surface area contributed by atoms with Crippen molar-refractivity contribution in [1.82, 2.24) is 0 Å². The van der Waals surface area contributed by atoms with Gasteiger partial charge in [0.2, 0.25) is 0 Å². The van der Waals surface area contributed by atoms with Crippen molar-refractivity contribution >= 4 is 5.97 Å². The molecule has 1 aliphatic carbocycles. The summed E-state index contributed by atoms with van der Waals surface area (Å²) in [5, 5.41) is 0. The number of ether oxygens (including phenoxy) is 6. The van der Waals surface area contributed by atoms with Gasteiger partial charge in [-0.3, -0.25) is 4.79 Å². The van der Waals surface area contributed by atoms with Crippen LogP contribution in [0.5, 0.6) is 0 Å². The third-order valence-electron chi connectivity index (χ3n) is 5.14. The van der Waals surface area contributed by atoms with Crippen molar-refractivity contribution in [2.45, 2.75) is 95.8 Å². The van der Waals surface area contributed by atoms with Gasteiger partial charge in [0.05, 0.1) is 0 Å². The van der Waals surface area contributed by atoms with Crippen LogP contribution in [0.3, 0.4) is 0 Å². The Kier molecular flexibility index (Phi) is 5.14. The van der Waals surface area contributed by atoms with E-state index in [1.165, 1.54) is 0 Å². The van der Waals surface area contributed by atoms with Crippen LogP contribution in [0.1, 0.15) is 41.5 Å². The first-order valence-electron chi connectivity index (χ1n) is 9.16. The average Bonchev–Trinajstić information content (AvgIpc) is 3.01. The van der Waals surface area contributed by atoms with Gasteiger partial charge in [0.1, 0.15) is 36.6 Å². The van der Waals surface area contributed by atoms with Crippen LogP contribution in [0.15, 0.2) is 0 Å². The van der Waals surface area contributed by atoms with Gasteiger partial charge in [0.15, 0.2) is 17.7 Å². The van der Waals surface area contributed by atoms with Crippen LogP contribution in [-0.4, -0.2) is 67.3 Å². The van der Waals surface area contributed by atoms with Crippen molar-refractivity contribution in [3.63, 3.8) is 0 Å². The van der Waals surface area contributed by atoms with Gasteiger partial charge in [-0.2, -0.15) is 0 Å². The minimum atomic E-state index is -0.830. The minimum Gasteiger partial charge on any atom is -0.455 e. The number of nitrogens with two attached hydrogens (primary N) is 1. The lowest BCUT2D eigenvalue weighted by Gasteiger charge is -2.42. The molecule has 26 heavy (non-hydrogen) atoms. The summed E-state index contributed by atoms with van der Waals surface area (Å²) >= 11 is 0. The zero-order chi connectivity index (χ0) is 19.4. The van der Waals surface area contributed by atoms with Crippen molar-refractivity contribution in [1.29, 1.82) is 0 Å². The van der Waals surface area contributed by atoms with E-state index in [0.717, 1.165) is 0 Å². The number of fused-ring (bicyclic) bond motifs is 3. The van der Waals surface area contributed by atoms with Crippen molar-refractivity contribution in [3.05, 3.63) is 0 Å². The van der Waals surface area contributed by atoms with E-state index in [4.69, 9.17) is 34.2 Å². The zero-order valence-electron chi connectivity index (χ0n) is 16.6. The topological polar surface area (TPSA) is 98.5 Å². The second-order valence-corrected chi connectivity index (χ2v) is 8.50. The summed E-state index contributed by atoms with van der Waals surface area (Å²) in [4.78, 5) is 12.5. The van der Waals surface area contributed by atoms with Crippen LogP contribution in [0.4, 0.5) is 0 Å². The van der Waals surface area contributed by atoms with Gasteiger partial charge in [0, 0.05) is 7.11 Å². The number of rotatable bonds is 4. The maximum absolute atomic E-state index is 12.5. The van der Waals surface area contributed by atoms with Crippen LogP contribution in [0.2, 0.25) is 0 Å². The molecule has 0 amide bonds. The maximum Gasteiger partial charge on any atom is 0.323 e. The van der Waals surface area contributed by atoms with E-state index in [-0.39, 0.29) is 12.0 Å². The molecule has 2 aliphatic heterocycles. The van der Waals surface area contributed by atoms with Crippen molar-refractivity contribution in [3.8, 4) is 0 Å². The highest BCUT2D eigenvalue weighted by Crippen LogP contribution is 2.46. The number of carbonyl (C=O) groups is 1. The number of hydrogen-bond donors (Lipinski definition) is 1. The van der Waals surface area contributed by atoms with Gasteiger partial charge in [-0.05, 0) is 33.6 Å². The molecule has 0 aromatic heterocycles. The quantitative estimate of drug-likeness (QED) is 0.728. The van der Waals surface area contributed by atoms with Crippen LogP contribution >= 0.6 is 0 Å². The molecule has 0 spiro atoms. The van der Waals surface area contributed by atoms with Gasteiger partial charge in [-0.25, -0.2) is 0 Å². The monoisotopic (exact) mass is 373 g/mol. The van der Waals surface area contributed by atoms with E-state index in [1.807, 2.05) is 41.5 Å². The predicted octanol–water partition coefficient (Wildman–Crippen LogP) is 0.950. The summed E-state index contributed by atoms with van der Waals surface area (Å²) in [5.41, 5.74) is 5.96. The molecule has 6 unspecified atom stereocenters. The molecule has 3 fully saturated rings. The van der Waals surface area contributed by atoms with Crippen LogP contribution < -0.4 is 5.73 Å². The third kappa shape index (κ3) is 3.50. The predicted molar refractivity (Wildman–Crippen MR) is 91.1 cm³/mol. The van der Waals surface area contributed by atoms with Crippen LogP contribution in [-0.2, 0) is 33.2 Å². The van der Waals surface area contributed by atoms with E-state index in [9.17, 15) is 4.79 Å². The van der Waals surface area contributed by atoms with Gasteiger partial charge in [-0.1, -0.05) is 13.8 Å². The Morgan fingerprint density at radius 2 is 1.31 bits per heavy atom. The lowest BCUT2D eigenvalue weighted by Crippen LogP contribution is -2.63. The van der Waals surface area contributed by atoms with Gasteiger partial charge in [0.25, 0.3) is 0 Å². The highest BCUT2D eigenvalue weighted by Gasteiger charge is 2.65. The first-order valence-corrected chi connectivity index (χ1v) is 9.16. The second kappa shape index (κ2) is 6.68. The molecular formula is C18H31NO7. The molecule has 3 aliphatic rings. The van der Waals surface area contributed by atoms with Gasteiger partial charge >= 0.3 is 5.97 Å².